The molecule has 1 unspecified atom stereocenters. The first-order valence-corrected chi connectivity index (χ1v) is 8.46. The second-order valence-electron chi connectivity index (χ2n) is 5.84. The molecule has 0 saturated heterocycles. The van der Waals surface area contributed by atoms with Crippen molar-refractivity contribution in [1.82, 2.24) is 0 Å². The SMILES string of the molecule is CC1(c2cccc3ccccc23)C=c2ccccc2=[C]1[Zr]. The van der Waals surface area contributed by atoms with Crippen molar-refractivity contribution in [2.45, 2.75) is 12.3 Å². The molecule has 0 aromatic heterocycles. The third kappa shape index (κ3) is 1.91. The minimum atomic E-state index is 0.0167. The van der Waals surface area contributed by atoms with Crippen LogP contribution in [0, 0.1) is 0 Å². The summed E-state index contributed by atoms with van der Waals surface area (Å²) in [6.45, 7) is 2.36. The van der Waals surface area contributed by atoms with E-state index in [2.05, 4.69) is 79.7 Å². The molecule has 0 aliphatic heterocycles. The average Bonchev–Trinajstić information content (AvgIpc) is 2.79. The first-order valence-electron chi connectivity index (χ1n) is 7.23. The van der Waals surface area contributed by atoms with Gasteiger partial charge in [-0.3, -0.25) is 0 Å². The Kier molecular flexibility index (Phi) is 3.01. The standard InChI is InChI=1S/C20H15.Zr/c1-20(13-16-8-2-3-9-17(16)14-20)19-12-6-10-15-7-4-5-11-18(15)19;/h2-13H,1H3;. The van der Waals surface area contributed by atoms with E-state index < -0.39 is 0 Å². The fourth-order valence-electron chi connectivity index (χ4n) is 3.40. The van der Waals surface area contributed by atoms with E-state index in [-0.39, 0.29) is 5.41 Å². The summed E-state index contributed by atoms with van der Waals surface area (Å²) in [6.07, 6.45) is 2.44. The van der Waals surface area contributed by atoms with Crippen molar-refractivity contribution in [2.75, 3.05) is 0 Å². The van der Waals surface area contributed by atoms with Crippen molar-refractivity contribution in [3.05, 3.63) is 82.7 Å². The Balaban J connectivity index is 2.09. The van der Waals surface area contributed by atoms with E-state index in [0.29, 0.717) is 0 Å². The van der Waals surface area contributed by atoms with Crippen LogP contribution in [0.25, 0.3) is 20.1 Å². The van der Waals surface area contributed by atoms with E-state index in [1.807, 2.05) is 0 Å². The normalized spacial score (nSPS) is 20.3. The van der Waals surface area contributed by atoms with Crippen molar-refractivity contribution in [2.24, 2.45) is 0 Å². The second kappa shape index (κ2) is 4.78. The summed E-state index contributed by atoms with van der Waals surface area (Å²) in [5, 5.41) is 5.49. The van der Waals surface area contributed by atoms with E-state index >= 15 is 0 Å². The number of hydrogen-bond donors (Lipinski definition) is 0. The predicted molar refractivity (Wildman–Crippen MR) is 84.9 cm³/mol. The molecular formula is C20H15Zr. The topological polar surface area (TPSA) is 0 Å². The fraction of sp³-hybridized carbons (Fsp3) is 0.100. The quantitative estimate of drug-likeness (QED) is 0.634. The van der Waals surface area contributed by atoms with Crippen LogP contribution in [0.3, 0.4) is 0 Å². The van der Waals surface area contributed by atoms with Crippen LogP contribution >= 0.6 is 0 Å². The summed E-state index contributed by atoms with van der Waals surface area (Å²) < 4.78 is 1.53. The molecule has 1 atom stereocenters. The number of hydrogen-bond acceptors (Lipinski definition) is 0. The molecule has 3 aromatic rings. The molecule has 0 amide bonds. The summed E-state index contributed by atoms with van der Waals surface area (Å²) in [5.41, 5.74) is 1.44. The van der Waals surface area contributed by atoms with Crippen LogP contribution in [-0.4, -0.2) is 0 Å². The molecule has 4 rings (SSSR count). The fourth-order valence-corrected chi connectivity index (χ4v) is 4.47. The zero-order valence-corrected chi connectivity index (χ0v) is 14.4. The Bertz CT molecular complexity index is 963. The molecule has 0 heterocycles. The Morgan fingerprint density at radius 3 is 2.38 bits per heavy atom. The summed E-state index contributed by atoms with van der Waals surface area (Å²) in [7, 11) is 0. The Morgan fingerprint density at radius 1 is 0.810 bits per heavy atom. The van der Waals surface area contributed by atoms with E-state index in [1.165, 1.54) is 54.8 Å². The van der Waals surface area contributed by atoms with Gasteiger partial charge in [-0.15, -0.1) is 0 Å². The van der Waals surface area contributed by atoms with Crippen molar-refractivity contribution < 1.29 is 24.7 Å². The third-order valence-corrected chi connectivity index (χ3v) is 6.48. The molecule has 0 radical (unpaired) electrons. The molecule has 0 bridgehead atoms. The molecule has 21 heavy (non-hydrogen) atoms. The van der Waals surface area contributed by atoms with Crippen molar-refractivity contribution >= 4 is 20.1 Å². The summed E-state index contributed by atoms with van der Waals surface area (Å²) >= 11 is 1.50. The van der Waals surface area contributed by atoms with Crippen LogP contribution in [0.1, 0.15) is 12.5 Å². The van der Waals surface area contributed by atoms with Crippen LogP contribution in [0.15, 0.2) is 66.7 Å². The van der Waals surface area contributed by atoms with Crippen molar-refractivity contribution in [3.8, 4) is 0 Å². The van der Waals surface area contributed by atoms with Crippen LogP contribution in [0.4, 0.5) is 0 Å². The van der Waals surface area contributed by atoms with Crippen LogP contribution in [0.2, 0.25) is 0 Å². The molecule has 0 spiro atoms. The van der Waals surface area contributed by atoms with E-state index in [1.54, 1.807) is 0 Å². The number of rotatable bonds is 1. The van der Waals surface area contributed by atoms with E-state index in [4.69, 9.17) is 0 Å². The molecule has 1 aliphatic carbocycles. The zero-order chi connectivity index (χ0) is 14.4. The molecule has 1 aliphatic rings. The average molecular weight is 347 g/mol. The minimum absolute atomic E-state index is 0.0167. The van der Waals surface area contributed by atoms with Gasteiger partial charge in [0.1, 0.15) is 0 Å². The predicted octanol–water partition coefficient (Wildman–Crippen LogP) is 3.25. The van der Waals surface area contributed by atoms with Gasteiger partial charge in [-0.25, -0.2) is 0 Å². The van der Waals surface area contributed by atoms with E-state index in [9.17, 15) is 0 Å². The van der Waals surface area contributed by atoms with Crippen LogP contribution < -0.4 is 10.4 Å². The number of fused-ring (bicyclic) bond motifs is 2. The Hall–Kier alpha value is -1.46. The maximum atomic E-state index is 2.44. The Morgan fingerprint density at radius 2 is 1.52 bits per heavy atom. The van der Waals surface area contributed by atoms with Gasteiger partial charge in [0, 0.05) is 0 Å². The third-order valence-electron chi connectivity index (χ3n) is 4.54. The van der Waals surface area contributed by atoms with E-state index in [0.717, 1.165) is 0 Å². The molecule has 3 aromatic carbocycles. The van der Waals surface area contributed by atoms with Crippen LogP contribution in [-0.2, 0) is 30.1 Å². The van der Waals surface area contributed by atoms with Gasteiger partial charge in [-0.1, -0.05) is 0 Å². The van der Waals surface area contributed by atoms with Crippen molar-refractivity contribution in [3.63, 3.8) is 0 Å². The van der Waals surface area contributed by atoms with Gasteiger partial charge in [-0.2, -0.15) is 0 Å². The maximum absolute atomic E-state index is 2.44. The first kappa shape index (κ1) is 13.2. The monoisotopic (exact) mass is 345 g/mol. The van der Waals surface area contributed by atoms with Gasteiger partial charge in [0.05, 0.1) is 0 Å². The van der Waals surface area contributed by atoms with Gasteiger partial charge in [-0.05, 0) is 0 Å². The molecule has 0 N–H and O–H groups in total. The van der Waals surface area contributed by atoms with Gasteiger partial charge in [0.15, 0.2) is 0 Å². The molecule has 0 fully saturated rings. The van der Waals surface area contributed by atoms with Crippen molar-refractivity contribution in [1.29, 1.82) is 0 Å². The van der Waals surface area contributed by atoms with Gasteiger partial charge < -0.3 is 0 Å². The summed E-state index contributed by atoms with van der Waals surface area (Å²) in [5.74, 6) is 0. The summed E-state index contributed by atoms with van der Waals surface area (Å²) in [4.78, 5) is 0. The first-order chi connectivity index (χ1) is 10.2. The molecular weight excluding hydrogens is 331 g/mol. The molecule has 0 nitrogen and oxygen atoms in total. The van der Waals surface area contributed by atoms with Crippen LogP contribution in [0.5, 0.6) is 0 Å². The summed E-state index contributed by atoms with van der Waals surface area (Å²) in [6, 6.07) is 24.1. The molecule has 99 valence electrons. The van der Waals surface area contributed by atoms with Gasteiger partial charge in [0.2, 0.25) is 0 Å². The Labute approximate surface area is 139 Å². The molecule has 0 saturated carbocycles. The number of benzene rings is 3. The van der Waals surface area contributed by atoms with Gasteiger partial charge in [0.25, 0.3) is 0 Å². The second-order valence-corrected chi connectivity index (χ2v) is 7.06. The molecule has 1 heteroatoms. The van der Waals surface area contributed by atoms with Gasteiger partial charge >= 0.3 is 140 Å². The zero-order valence-electron chi connectivity index (χ0n) is 11.9.